The highest BCUT2D eigenvalue weighted by atomic mass is 32.2. The minimum absolute atomic E-state index is 0.00710. The second kappa shape index (κ2) is 13.5. The van der Waals surface area contributed by atoms with Gasteiger partial charge in [-0.05, 0) is 31.3 Å². The van der Waals surface area contributed by atoms with Crippen molar-refractivity contribution >= 4 is 48.1 Å². The normalized spacial score (nSPS) is 14.0. The molecule has 0 aliphatic rings. The van der Waals surface area contributed by atoms with E-state index in [0.717, 1.165) is 0 Å². The summed E-state index contributed by atoms with van der Waals surface area (Å²) < 4.78 is 0. The molecule has 0 saturated heterocycles. The molecule has 9 N–H and O–H groups in total. The van der Waals surface area contributed by atoms with Crippen LogP contribution in [0.3, 0.4) is 0 Å². The topological polar surface area (TPSA) is 186 Å². The van der Waals surface area contributed by atoms with Crippen molar-refractivity contribution in [2.75, 3.05) is 24.3 Å². The number of thiol groups is 1. The summed E-state index contributed by atoms with van der Waals surface area (Å²) in [6.07, 6.45) is 2.87. The number of nitrogens with two attached hydrogens (primary N) is 3. The summed E-state index contributed by atoms with van der Waals surface area (Å²) in [5, 5.41) is 14.1. The predicted octanol–water partition coefficient (Wildman–Crippen LogP) is -1.90. The molecule has 0 aliphatic heterocycles. The zero-order chi connectivity index (χ0) is 20.1. The summed E-state index contributed by atoms with van der Waals surface area (Å²) in [5.41, 5.74) is 16.1. The quantitative estimate of drug-likeness (QED) is 0.0797. The van der Waals surface area contributed by atoms with Gasteiger partial charge in [0.05, 0.1) is 6.04 Å². The van der Waals surface area contributed by atoms with Gasteiger partial charge in [0.15, 0.2) is 5.96 Å². The Hall–Kier alpha value is -1.66. The Balaban J connectivity index is 4.64. The fourth-order valence-corrected chi connectivity index (χ4v) is 2.63. The Kier molecular flexibility index (Phi) is 12.7. The number of nitrogens with one attached hydrogen (secondary N) is 2. The molecule has 0 rings (SSSR count). The smallest absolute Gasteiger partial charge is 0.326 e. The number of hydrogen-bond acceptors (Lipinski definition) is 7. The third-order valence-corrected chi connectivity index (χ3v) is 4.35. The number of rotatable bonds is 13. The highest BCUT2D eigenvalue weighted by molar-refractivity contribution is 7.98. The number of carbonyl (C=O) groups excluding carboxylic acids is 2. The van der Waals surface area contributed by atoms with Crippen molar-refractivity contribution in [3.8, 4) is 0 Å². The maximum absolute atomic E-state index is 12.3. The van der Waals surface area contributed by atoms with E-state index in [1.54, 1.807) is 11.8 Å². The van der Waals surface area contributed by atoms with Crippen LogP contribution < -0.4 is 27.8 Å². The van der Waals surface area contributed by atoms with E-state index in [0.29, 0.717) is 18.6 Å². The van der Waals surface area contributed by atoms with Crippen LogP contribution in [0.15, 0.2) is 4.99 Å². The lowest BCUT2D eigenvalue weighted by Crippen LogP contribution is -2.55. The zero-order valence-corrected chi connectivity index (χ0v) is 16.4. The number of carbonyl (C=O) groups is 3. The van der Waals surface area contributed by atoms with Crippen molar-refractivity contribution in [2.24, 2.45) is 22.2 Å². The molecule has 0 aromatic carbocycles. The fourth-order valence-electron chi connectivity index (χ4n) is 1.88. The second-order valence-electron chi connectivity index (χ2n) is 5.48. The first-order valence-corrected chi connectivity index (χ1v) is 9.99. The molecule has 3 atom stereocenters. The van der Waals surface area contributed by atoms with Crippen LogP contribution in [0, 0.1) is 0 Å². The van der Waals surface area contributed by atoms with Gasteiger partial charge in [-0.15, -0.1) is 0 Å². The molecule has 150 valence electrons. The third-order valence-electron chi connectivity index (χ3n) is 3.35. The van der Waals surface area contributed by atoms with Gasteiger partial charge in [-0.3, -0.25) is 14.6 Å². The molecule has 0 aromatic rings. The first-order chi connectivity index (χ1) is 12.2. The first kappa shape index (κ1) is 24.3. The lowest BCUT2D eigenvalue weighted by molar-refractivity contribution is -0.142. The van der Waals surface area contributed by atoms with Crippen LogP contribution >= 0.6 is 24.4 Å². The second-order valence-corrected chi connectivity index (χ2v) is 6.83. The van der Waals surface area contributed by atoms with E-state index in [-0.39, 0.29) is 24.7 Å². The fraction of sp³-hybridized carbons (Fsp3) is 0.714. The van der Waals surface area contributed by atoms with E-state index < -0.39 is 35.9 Å². The molecule has 10 nitrogen and oxygen atoms in total. The third kappa shape index (κ3) is 10.4. The van der Waals surface area contributed by atoms with Crippen molar-refractivity contribution in [3.63, 3.8) is 0 Å². The number of hydrogen-bond donors (Lipinski definition) is 7. The molecule has 0 heterocycles. The van der Waals surface area contributed by atoms with E-state index in [2.05, 4.69) is 28.3 Å². The number of thioether (sulfide) groups is 1. The van der Waals surface area contributed by atoms with Gasteiger partial charge >= 0.3 is 5.97 Å². The molecule has 0 unspecified atom stereocenters. The molecule has 0 fully saturated rings. The summed E-state index contributed by atoms with van der Waals surface area (Å²) in [4.78, 5) is 39.3. The highest BCUT2D eigenvalue weighted by Gasteiger charge is 2.26. The number of aliphatic carboxylic acids is 1. The van der Waals surface area contributed by atoms with E-state index in [1.165, 1.54) is 0 Å². The highest BCUT2D eigenvalue weighted by Crippen LogP contribution is 2.02. The van der Waals surface area contributed by atoms with E-state index in [9.17, 15) is 19.5 Å². The molecular weight excluding hydrogens is 380 g/mol. The molecular formula is C14H28N6O4S2. The van der Waals surface area contributed by atoms with Gasteiger partial charge < -0.3 is 32.9 Å². The molecule has 2 amide bonds. The summed E-state index contributed by atoms with van der Waals surface area (Å²) in [6, 6.07) is -2.85. The van der Waals surface area contributed by atoms with Gasteiger partial charge in [0.1, 0.15) is 12.1 Å². The summed E-state index contributed by atoms with van der Waals surface area (Å²) in [7, 11) is 0. The standard InChI is InChI=1S/C14H28N6O4S2/c1-26-6-4-8(15)11(21)20-10(7-25)12(22)19-9(13(23)24)3-2-5-18-14(16)17/h8-10,25H,2-7,15H2,1H3,(H,19,22)(H,20,21)(H,23,24)(H4,16,17,18)/t8-,9-,10-/m0/s1. The van der Waals surface area contributed by atoms with E-state index >= 15 is 0 Å². The molecule has 12 heteroatoms. The number of aliphatic imine (C=N–C) groups is 1. The molecule has 0 aliphatic carbocycles. The van der Waals surface area contributed by atoms with Crippen molar-refractivity contribution < 1.29 is 19.5 Å². The number of guanidine groups is 1. The van der Waals surface area contributed by atoms with Crippen molar-refractivity contribution in [1.29, 1.82) is 0 Å². The van der Waals surface area contributed by atoms with Crippen LogP contribution in [0.5, 0.6) is 0 Å². The van der Waals surface area contributed by atoms with Gasteiger partial charge in [-0.1, -0.05) is 0 Å². The van der Waals surface area contributed by atoms with Crippen LogP contribution in [0.1, 0.15) is 19.3 Å². The van der Waals surface area contributed by atoms with Crippen LogP contribution in [0.25, 0.3) is 0 Å². The number of carboxylic acid groups (broad SMARTS) is 1. The molecule has 0 aromatic heterocycles. The number of carboxylic acids is 1. The van der Waals surface area contributed by atoms with Gasteiger partial charge in [0.2, 0.25) is 11.8 Å². The minimum Gasteiger partial charge on any atom is -0.480 e. The van der Waals surface area contributed by atoms with Crippen molar-refractivity contribution in [3.05, 3.63) is 0 Å². The average molecular weight is 409 g/mol. The minimum atomic E-state index is -1.19. The monoisotopic (exact) mass is 408 g/mol. The molecule has 0 saturated carbocycles. The van der Waals surface area contributed by atoms with E-state index in [1.807, 2.05) is 6.26 Å². The number of nitrogens with zero attached hydrogens (tertiary/aromatic N) is 1. The van der Waals surface area contributed by atoms with Crippen LogP contribution in [-0.2, 0) is 14.4 Å². The summed E-state index contributed by atoms with van der Waals surface area (Å²) in [5.74, 6) is -1.68. The largest absolute Gasteiger partial charge is 0.480 e. The molecule has 0 radical (unpaired) electrons. The van der Waals surface area contributed by atoms with Crippen molar-refractivity contribution in [2.45, 2.75) is 37.4 Å². The predicted molar refractivity (Wildman–Crippen MR) is 106 cm³/mol. The van der Waals surface area contributed by atoms with Crippen LogP contribution in [0.2, 0.25) is 0 Å². The van der Waals surface area contributed by atoms with Gasteiger partial charge in [-0.2, -0.15) is 24.4 Å². The zero-order valence-electron chi connectivity index (χ0n) is 14.7. The van der Waals surface area contributed by atoms with Crippen molar-refractivity contribution in [1.82, 2.24) is 10.6 Å². The summed E-state index contributed by atoms with van der Waals surface area (Å²) >= 11 is 5.59. The Morgan fingerprint density at radius 3 is 2.27 bits per heavy atom. The van der Waals surface area contributed by atoms with Gasteiger partial charge in [0, 0.05) is 12.3 Å². The average Bonchev–Trinajstić information content (AvgIpc) is 2.58. The molecule has 0 bridgehead atoms. The first-order valence-electron chi connectivity index (χ1n) is 7.97. The summed E-state index contributed by atoms with van der Waals surface area (Å²) in [6.45, 7) is 0.249. The van der Waals surface area contributed by atoms with Crippen LogP contribution in [0.4, 0.5) is 0 Å². The van der Waals surface area contributed by atoms with Gasteiger partial charge in [0.25, 0.3) is 0 Å². The molecule has 26 heavy (non-hydrogen) atoms. The molecule has 0 spiro atoms. The Morgan fingerprint density at radius 1 is 1.15 bits per heavy atom. The Labute approximate surface area is 162 Å². The number of amides is 2. The SMILES string of the molecule is CSCC[C@H](N)C(=O)N[C@@H](CS)C(=O)N[C@@H](CCCN=C(N)N)C(=O)O. The lowest BCUT2D eigenvalue weighted by Gasteiger charge is -2.21. The Morgan fingerprint density at radius 2 is 1.77 bits per heavy atom. The van der Waals surface area contributed by atoms with Gasteiger partial charge in [-0.25, -0.2) is 4.79 Å². The maximum atomic E-state index is 12.3. The van der Waals surface area contributed by atoms with E-state index in [4.69, 9.17) is 17.2 Å². The lowest BCUT2D eigenvalue weighted by atomic mass is 10.1. The Bertz CT molecular complexity index is 502. The van der Waals surface area contributed by atoms with Crippen LogP contribution in [-0.4, -0.2) is 71.3 Å². The maximum Gasteiger partial charge on any atom is 0.326 e.